The van der Waals surface area contributed by atoms with E-state index in [1.165, 1.54) is 18.5 Å². The van der Waals surface area contributed by atoms with E-state index >= 15 is 0 Å². The first kappa shape index (κ1) is 12.4. The molecule has 0 aliphatic carbocycles. The van der Waals surface area contributed by atoms with Gasteiger partial charge in [-0.05, 0) is 12.1 Å². The van der Waals surface area contributed by atoms with Gasteiger partial charge in [0.05, 0.1) is 17.9 Å². The molecule has 0 saturated carbocycles. The third kappa shape index (κ3) is 2.79. The van der Waals surface area contributed by atoms with Gasteiger partial charge >= 0.3 is 0 Å². The Morgan fingerprint density at radius 1 is 1.29 bits per heavy atom. The van der Waals surface area contributed by atoms with Gasteiger partial charge < -0.3 is 14.8 Å². The molecule has 2 aromatic rings. The molecule has 1 heterocycles. The lowest BCUT2D eigenvalue weighted by molar-refractivity contribution is -0.179. The van der Waals surface area contributed by atoms with Crippen molar-refractivity contribution in [2.75, 3.05) is 0 Å². The molecule has 2 rings (SSSR count). The molecule has 4 nitrogen and oxygen atoms in total. The van der Waals surface area contributed by atoms with Crippen LogP contribution in [0.2, 0.25) is 10.0 Å². The zero-order valence-corrected chi connectivity index (χ0v) is 10.2. The Bertz CT molecular complexity index is 512. The van der Waals surface area contributed by atoms with Gasteiger partial charge in [-0.25, -0.2) is 4.98 Å². The lowest BCUT2D eigenvalue weighted by Gasteiger charge is -2.23. The molecule has 0 unspecified atom stereocenters. The summed E-state index contributed by atoms with van der Waals surface area (Å²) < 4.78 is 1.55. The van der Waals surface area contributed by atoms with E-state index in [9.17, 15) is 10.2 Å². The molecule has 0 saturated heterocycles. The molecular weight excluding hydrogens is 263 g/mol. The van der Waals surface area contributed by atoms with Crippen LogP contribution in [0.25, 0.3) is 0 Å². The first-order valence-electron chi connectivity index (χ1n) is 4.85. The van der Waals surface area contributed by atoms with Gasteiger partial charge in [-0.1, -0.05) is 29.3 Å². The molecule has 17 heavy (non-hydrogen) atoms. The van der Waals surface area contributed by atoms with Crippen LogP contribution in [0.1, 0.15) is 5.56 Å². The summed E-state index contributed by atoms with van der Waals surface area (Å²) in [6, 6.07) is 4.51. The van der Waals surface area contributed by atoms with Crippen LogP contribution in [-0.2, 0) is 12.3 Å². The molecular formula is C11H10Cl2N2O2. The average Bonchev–Trinajstić information content (AvgIpc) is 2.68. The van der Waals surface area contributed by atoms with E-state index in [0.717, 1.165) is 0 Å². The van der Waals surface area contributed by atoms with Gasteiger partial charge in [-0.2, -0.15) is 0 Å². The minimum absolute atomic E-state index is 0.0612. The topological polar surface area (TPSA) is 58.3 Å². The molecule has 90 valence electrons. The predicted octanol–water partition coefficient (Wildman–Crippen LogP) is 2.03. The second-order valence-corrected chi connectivity index (χ2v) is 4.52. The second-order valence-electron chi connectivity index (χ2n) is 3.68. The molecule has 1 aromatic carbocycles. The fourth-order valence-electron chi connectivity index (χ4n) is 1.53. The maximum atomic E-state index is 10.0. The highest BCUT2D eigenvalue weighted by atomic mass is 35.5. The first-order chi connectivity index (χ1) is 7.99. The standard InChI is InChI=1S/C11H10Cl2N2O2/c12-8-1-2-9(10(13)5-8)11(16,17)6-15-4-3-14-7-15/h1-5,7,16-17H,6H2. The minimum atomic E-state index is -2.07. The fourth-order valence-corrected chi connectivity index (χ4v) is 2.09. The highest BCUT2D eigenvalue weighted by Gasteiger charge is 2.28. The van der Waals surface area contributed by atoms with Crippen LogP contribution in [0, 0.1) is 0 Å². The van der Waals surface area contributed by atoms with E-state index in [1.807, 2.05) is 0 Å². The first-order valence-corrected chi connectivity index (χ1v) is 5.61. The summed E-state index contributed by atoms with van der Waals surface area (Å²) in [5.74, 6) is -2.07. The molecule has 2 N–H and O–H groups in total. The van der Waals surface area contributed by atoms with E-state index in [1.54, 1.807) is 23.0 Å². The van der Waals surface area contributed by atoms with Gasteiger partial charge in [0, 0.05) is 23.0 Å². The van der Waals surface area contributed by atoms with Crippen LogP contribution < -0.4 is 0 Å². The Hall–Kier alpha value is -1.07. The molecule has 0 aliphatic heterocycles. The SMILES string of the molecule is OC(O)(Cn1ccnc1)c1ccc(Cl)cc1Cl. The maximum Gasteiger partial charge on any atom is 0.209 e. The van der Waals surface area contributed by atoms with Crippen LogP contribution in [0.4, 0.5) is 0 Å². The molecule has 0 fully saturated rings. The number of rotatable bonds is 3. The van der Waals surface area contributed by atoms with Crippen LogP contribution in [-0.4, -0.2) is 19.8 Å². The van der Waals surface area contributed by atoms with Crippen molar-refractivity contribution in [2.45, 2.75) is 12.3 Å². The van der Waals surface area contributed by atoms with Crippen molar-refractivity contribution in [2.24, 2.45) is 0 Å². The largest absolute Gasteiger partial charge is 0.361 e. The summed E-state index contributed by atoms with van der Waals surface area (Å²) in [7, 11) is 0. The minimum Gasteiger partial charge on any atom is -0.361 e. The van der Waals surface area contributed by atoms with Gasteiger partial charge in [0.25, 0.3) is 0 Å². The van der Waals surface area contributed by atoms with Gasteiger partial charge in [-0.3, -0.25) is 0 Å². The molecule has 6 heteroatoms. The third-order valence-electron chi connectivity index (χ3n) is 2.32. The quantitative estimate of drug-likeness (QED) is 0.841. The summed E-state index contributed by atoms with van der Waals surface area (Å²) in [5.41, 5.74) is 0.206. The smallest absolute Gasteiger partial charge is 0.209 e. The lowest BCUT2D eigenvalue weighted by atomic mass is 10.1. The van der Waals surface area contributed by atoms with Crippen LogP contribution in [0.15, 0.2) is 36.9 Å². The number of hydrogen-bond donors (Lipinski definition) is 2. The Labute approximate surface area is 108 Å². The number of aromatic nitrogens is 2. The summed E-state index contributed by atoms with van der Waals surface area (Å²) in [6.45, 7) is -0.0612. The summed E-state index contributed by atoms with van der Waals surface area (Å²) in [6.07, 6.45) is 4.68. The Morgan fingerprint density at radius 3 is 2.65 bits per heavy atom. The van der Waals surface area contributed by atoms with Crippen molar-refractivity contribution < 1.29 is 10.2 Å². The molecule has 0 aliphatic rings. The van der Waals surface area contributed by atoms with E-state index < -0.39 is 5.79 Å². The summed E-state index contributed by atoms with van der Waals surface area (Å²) in [5, 5.41) is 20.7. The number of halogens is 2. The van der Waals surface area contributed by atoms with E-state index in [-0.39, 0.29) is 17.1 Å². The van der Waals surface area contributed by atoms with Crippen molar-refractivity contribution in [1.29, 1.82) is 0 Å². The van der Waals surface area contributed by atoms with E-state index in [4.69, 9.17) is 23.2 Å². The highest BCUT2D eigenvalue weighted by Crippen LogP contribution is 2.29. The van der Waals surface area contributed by atoms with Gasteiger partial charge in [0.2, 0.25) is 5.79 Å². The zero-order chi connectivity index (χ0) is 12.5. The average molecular weight is 273 g/mol. The third-order valence-corrected chi connectivity index (χ3v) is 2.87. The maximum absolute atomic E-state index is 10.0. The van der Waals surface area contributed by atoms with E-state index in [2.05, 4.69) is 4.98 Å². The monoisotopic (exact) mass is 272 g/mol. The molecule has 0 amide bonds. The Kier molecular flexibility index (Phi) is 3.40. The zero-order valence-electron chi connectivity index (χ0n) is 8.72. The normalized spacial score (nSPS) is 11.8. The van der Waals surface area contributed by atoms with Crippen LogP contribution >= 0.6 is 23.2 Å². The Balaban J connectivity index is 2.30. The molecule has 0 spiro atoms. The molecule has 1 aromatic heterocycles. The number of benzene rings is 1. The fraction of sp³-hybridized carbons (Fsp3) is 0.182. The van der Waals surface area contributed by atoms with Gasteiger partial charge in [-0.15, -0.1) is 0 Å². The number of imidazole rings is 1. The molecule has 0 radical (unpaired) electrons. The van der Waals surface area contributed by atoms with Gasteiger partial charge in [0.1, 0.15) is 0 Å². The van der Waals surface area contributed by atoms with Crippen molar-refractivity contribution in [3.63, 3.8) is 0 Å². The van der Waals surface area contributed by atoms with Gasteiger partial charge in [0.15, 0.2) is 0 Å². The number of nitrogens with zero attached hydrogens (tertiary/aromatic N) is 2. The van der Waals surface area contributed by atoms with Crippen molar-refractivity contribution in [1.82, 2.24) is 9.55 Å². The lowest BCUT2D eigenvalue weighted by Crippen LogP contribution is -2.30. The number of aliphatic hydroxyl groups is 2. The summed E-state index contributed by atoms with van der Waals surface area (Å²) >= 11 is 11.7. The number of hydrogen-bond acceptors (Lipinski definition) is 3. The molecule has 0 bridgehead atoms. The molecule has 0 atom stereocenters. The highest BCUT2D eigenvalue weighted by molar-refractivity contribution is 6.35. The van der Waals surface area contributed by atoms with E-state index in [0.29, 0.717) is 5.02 Å². The summed E-state index contributed by atoms with van der Waals surface area (Å²) in [4.78, 5) is 3.82. The van der Waals surface area contributed by atoms with Crippen molar-refractivity contribution in [3.05, 3.63) is 52.5 Å². The van der Waals surface area contributed by atoms with Crippen molar-refractivity contribution >= 4 is 23.2 Å². The van der Waals surface area contributed by atoms with Crippen LogP contribution in [0.3, 0.4) is 0 Å². The second kappa shape index (κ2) is 4.66. The van der Waals surface area contributed by atoms with Crippen molar-refractivity contribution in [3.8, 4) is 0 Å². The predicted molar refractivity (Wildman–Crippen MR) is 64.8 cm³/mol. The van der Waals surface area contributed by atoms with Crippen LogP contribution in [0.5, 0.6) is 0 Å². The Morgan fingerprint density at radius 2 is 2.06 bits per heavy atom.